The van der Waals surface area contributed by atoms with Gasteiger partial charge in [-0.15, -0.1) is 0 Å². The van der Waals surface area contributed by atoms with Crippen LogP contribution in [0.15, 0.2) is 41.0 Å². The van der Waals surface area contributed by atoms with E-state index in [1.54, 1.807) is 18.2 Å². The van der Waals surface area contributed by atoms with Gasteiger partial charge in [0.25, 0.3) is 0 Å². The summed E-state index contributed by atoms with van der Waals surface area (Å²) >= 11 is 5.90. The van der Waals surface area contributed by atoms with Gasteiger partial charge in [0.15, 0.2) is 28.8 Å². The summed E-state index contributed by atoms with van der Waals surface area (Å²) in [6, 6.07) is 6.70. The number of hydrogen-bond acceptors (Lipinski definition) is 5. The molecule has 5 nitrogen and oxygen atoms in total. The first-order chi connectivity index (χ1) is 12.9. The average molecular weight is 394 g/mol. The van der Waals surface area contributed by atoms with Crippen LogP contribution in [0, 0.1) is 11.6 Å². The maximum absolute atomic E-state index is 13.5. The van der Waals surface area contributed by atoms with E-state index in [9.17, 15) is 13.6 Å². The van der Waals surface area contributed by atoms with Crippen LogP contribution >= 0.6 is 11.6 Å². The van der Waals surface area contributed by atoms with Crippen LogP contribution in [-0.2, 0) is 9.53 Å². The predicted molar refractivity (Wildman–Crippen MR) is 96.1 cm³/mol. The highest BCUT2D eigenvalue weighted by Gasteiger charge is 2.27. The van der Waals surface area contributed by atoms with E-state index in [0.29, 0.717) is 23.7 Å². The van der Waals surface area contributed by atoms with Gasteiger partial charge in [0.2, 0.25) is 5.90 Å². The van der Waals surface area contributed by atoms with E-state index >= 15 is 0 Å². The van der Waals surface area contributed by atoms with Crippen molar-refractivity contribution in [3.8, 4) is 11.5 Å². The Labute approximate surface area is 158 Å². The molecule has 2 aromatic rings. The lowest BCUT2D eigenvalue weighted by molar-refractivity contribution is -0.129. The molecule has 0 N–H and O–H groups in total. The van der Waals surface area contributed by atoms with Crippen molar-refractivity contribution in [1.82, 2.24) is 0 Å². The van der Waals surface area contributed by atoms with E-state index < -0.39 is 17.6 Å². The molecule has 0 radical (unpaired) electrons. The fourth-order valence-electron chi connectivity index (χ4n) is 2.42. The lowest BCUT2D eigenvalue weighted by atomic mass is 10.1. The molecule has 0 spiro atoms. The van der Waals surface area contributed by atoms with Crippen molar-refractivity contribution in [1.29, 1.82) is 0 Å². The van der Waals surface area contributed by atoms with Crippen LogP contribution in [0.1, 0.15) is 18.1 Å². The molecule has 0 aliphatic carbocycles. The number of nitrogens with zero attached hydrogens (tertiary/aromatic N) is 1. The number of cyclic esters (lactones) is 1. The molecule has 1 aliphatic rings. The minimum Gasteiger partial charge on any atom is -0.493 e. The van der Waals surface area contributed by atoms with Crippen molar-refractivity contribution < 1.29 is 27.8 Å². The maximum Gasteiger partial charge on any atom is 0.363 e. The number of benzene rings is 2. The van der Waals surface area contributed by atoms with Crippen molar-refractivity contribution in [3.63, 3.8) is 0 Å². The number of halogens is 3. The molecular weight excluding hydrogens is 380 g/mol. The SMILES string of the molecule is CCOc1ccc(/C=C2\N=C(c3cc(F)c(F)cc3Cl)OC2=O)cc1OC. The third-order valence-electron chi connectivity index (χ3n) is 3.65. The average Bonchev–Trinajstić information content (AvgIpc) is 3.00. The molecule has 0 aromatic heterocycles. The Balaban J connectivity index is 1.96. The fourth-order valence-corrected chi connectivity index (χ4v) is 2.65. The molecular formula is C19H14ClF2NO4. The van der Waals surface area contributed by atoms with Gasteiger partial charge in [-0.05, 0) is 42.8 Å². The molecule has 2 aromatic carbocycles. The summed E-state index contributed by atoms with van der Waals surface area (Å²) in [7, 11) is 1.50. The molecule has 1 heterocycles. The summed E-state index contributed by atoms with van der Waals surface area (Å²) in [4.78, 5) is 16.1. The van der Waals surface area contributed by atoms with Crippen LogP contribution in [0.3, 0.4) is 0 Å². The Morgan fingerprint density at radius 2 is 1.93 bits per heavy atom. The number of aliphatic imine (C=N–C) groups is 1. The summed E-state index contributed by atoms with van der Waals surface area (Å²) in [5, 5.41) is -0.121. The number of methoxy groups -OCH3 is 1. The van der Waals surface area contributed by atoms with Gasteiger partial charge < -0.3 is 14.2 Å². The van der Waals surface area contributed by atoms with Crippen molar-refractivity contribution >= 4 is 29.5 Å². The largest absolute Gasteiger partial charge is 0.493 e. The van der Waals surface area contributed by atoms with E-state index in [1.165, 1.54) is 13.2 Å². The van der Waals surface area contributed by atoms with Crippen LogP contribution in [0.4, 0.5) is 8.78 Å². The number of carbonyl (C=O) groups is 1. The smallest absolute Gasteiger partial charge is 0.363 e. The first-order valence-corrected chi connectivity index (χ1v) is 8.29. The van der Waals surface area contributed by atoms with Crippen molar-refractivity contribution in [2.45, 2.75) is 6.92 Å². The standard InChI is InChI=1S/C19H14ClF2NO4/c1-3-26-16-5-4-10(7-17(16)25-2)6-15-19(24)27-18(23-15)11-8-13(21)14(22)9-12(11)20/h4-9H,3H2,1-2H3/b15-6-. The summed E-state index contributed by atoms with van der Waals surface area (Å²) in [5.41, 5.74) is 0.581. The third kappa shape index (κ3) is 3.93. The molecule has 140 valence electrons. The summed E-state index contributed by atoms with van der Waals surface area (Å²) in [5.74, 6) is -2.11. The molecule has 27 heavy (non-hydrogen) atoms. The summed E-state index contributed by atoms with van der Waals surface area (Å²) in [6.07, 6.45) is 1.47. The Morgan fingerprint density at radius 1 is 1.19 bits per heavy atom. The highest BCUT2D eigenvalue weighted by atomic mass is 35.5. The molecule has 0 amide bonds. The lowest BCUT2D eigenvalue weighted by Crippen LogP contribution is -2.07. The molecule has 0 saturated carbocycles. The van der Waals surface area contributed by atoms with Gasteiger partial charge in [-0.3, -0.25) is 0 Å². The van der Waals surface area contributed by atoms with Crippen LogP contribution < -0.4 is 9.47 Å². The van der Waals surface area contributed by atoms with E-state index in [4.69, 9.17) is 25.8 Å². The van der Waals surface area contributed by atoms with Crippen LogP contribution in [0.2, 0.25) is 5.02 Å². The molecule has 0 atom stereocenters. The number of carbonyl (C=O) groups excluding carboxylic acids is 1. The molecule has 0 fully saturated rings. The van der Waals surface area contributed by atoms with Gasteiger partial charge in [-0.25, -0.2) is 18.6 Å². The normalized spacial score (nSPS) is 14.9. The van der Waals surface area contributed by atoms with Gasteiger partial charge in [0, 0.05) is 0 Å². The Kier molecular flexibility index (Phi) is 5.41. The minimum atomic E-state index is -1.12. The number of esters is 1. The minimum absolute atomic E-state index is 0.0167. The molecule has 3 rings (SSSR count). The number of hydrogen-bond donors (Lipinski definition) is 0. The highest BCUT2D eigenvalue weighted by molar-refractivity contribution is 6.34. The second kappa shape index (κ2) is 7.75. The highest BCUT2D eigenvalue weighted by Crippen LogP contribution is 2.30. The lowest BCUT2D eigenvalue weighted by Gasteiger charge is -2.09. The van der Waals surface area contributed by atoms with E-state index in [-0.39, 0.29) is 22.2 Å². The second-order valence-corrected chi connectivity index (χ2v) is 5.83. The Bertz CT molecular complexity index is 972. The van der Waals surface area contributed by atoms with E-state index in [0.717, 1.165) is 12.1 Å². The van der Waals surface area contributed by atoms with Crippen molar-refractivity contribution in [2.24, 2.45) is 4.99 Å². The zero-order valence-corrected chi connectivity index (χ0v) is 15.1. The quantitative estimate of drug-likeness (QED) is 0.430. The topological polar surface area (TPSA) is 57.1 Å². The first-order valence-electron chi connectivity index (χ1n) is 7.91. The molecule has 8 heteroatoms. The van der Waals surface area contributed by atoms with Gasteiger partial charge in [-0.2, -0.15) is 0 Å². The van der Waals surface area contributed by atoms with Gasteiger partial charge in [-0.1, -0.05) is 17.7 Å². The van der Waals surface area contributed by atoms with Gasteiger partial charge in [0.1, 0.15) is 0 Å². The zero-order chi connectivity index (χ0) is 19.6. The number of ether oxygens (including phenoxy) is 3. The molecule has 1 aliphatic heterocycles. The summed E-state index contributed by atoms with van der Waals surface area (Å²) < 4.78 is 42.4. The van der Waals surface area contributed by atoms with Crippen molar-refractivity contribution in [3.05, 3.63) is 63.8 Å². The Hall–Kier alpha value is -2.93. The predicted octanol–water partition coefficient (Wildman–Crippen LogP) is 4.37. The maximum atomic E-state index is 13.5. The van der Waals surface area contributed by atoms with Crippen LogP contribution in [0.25, 0.3) is 6.08 Å². The molecule has 0 unspecified atom stereocenters. The van der Waals surface area contributed by atoms with Crippen LogP contribution in [-0.4, -0.2) is 25.6 Å². The summed E-state index contributed by atoms with van der Waals surface area (Å²) in [6.45, 7) is 2.33. The van der Waals surface area contributed by atoms with Crippen molar-refractivity contribution in [2.75, 3.05) is 13.7 Å². The second-order valence-electron chi connectivity index (χ2n) is 5.43. The van der Waals surface area contributed by atoms with Gasteiger partial charge in [0.05, 0.1) is 24.3 Å². The molecule has 0 bridgehead atoms. The van der Waals surface area contributed by atoms with Gasteiger partial charge >= 0.3 is 5.97 Å². The Morgan fingerprint density at radius 3 is 2.63 bits per heavy atom. The van der Waals surface area contributed by atoms with E-state index in [2.05, 4.69) is 4.99 Å². The van der Waals surface area contributed by atoms with E-state index in [1.807, 2.05) is 6.92 Å². The first kappa shape index (κ1) is 18.8. The third-order valence-corrected chi connectivity index (χ3v) is 3.96. The fraction of sp³-hybridized carbons (Fsp3) is 0.158. The zero-order valence-electron chi connectivity index (χ0n) is 14.4. The van der Waals surface area contributed by atoms with Crippen LogP contribution in [0.5, 0.6) is 11.5 Å². The molecule has 0 saturated heterocycles. The number of rotatable bonds is 5. The monoisotopic (exact) mass is 393 g/mol.